The highest BCUT2D eigenvalue weighted by atomic mass is 16.2. The first-order valence-electron chi connectivity index (χ1n) is 10.8. The van der Waals surface area contributed by atoms with Crippen molar-refractivity contribution in [1.82, 2.24) is 5.32 Å². The average molecular weight is 415 g/mol. The number of hydrogen-bond donors (Lipinski definition) is 1. The van der Waals surface area contributed by atoms with E-state index in [0.717, 1.165) is 22.4 Å². The lowest BCUT2D eigenvalue weighted by Crippen LogP contribution is -2.30. The highest BCUT2D eigenvalue weighted by Gasteiger charge is 2.15. The fourth-order valence-electron chi connectivity index (χ4n) is 3.60. The van der Waals surface area contributed by atoms with Crippen LogP contribution in [-0.2, 0) is 22.6 Å². The molecule has 0 aliphatic heterocycles. The molecule has 3 aromatic carbocycles. The SMILES string of the molecule is CCC(=O)N(Cc1cccc(C)c1)c1ccc(CC(=O)NC(C)c2ccccc2)cc1. The van der Waals surface area contributed by atoms with Crippen molar-refractivity contribution in [1.29, 1.82) is 0 Å². The van der Waals surface area contributed by atoms with E-state index in [-0.39, 0.29) is 17.9 Å². The van der Waals surface area contributed by atoms with E-state index in [1.165, 1.54) is 5.56 Å². The van der Waals surface area contributed by atoms with Gasteiger partial charge >= 0.3 is 0 Å². The summed E-state index contributed by atoms with van der Waals surface area (Å²) in [7, 11) is 0. The molecule has 0 radical (unpaired) electrons. The van der Waals surface area contributed by atoms with E-state index in [9.17, 15) is 9.59 Å². The van der Waals surface area contributed by atoms with E-state index in [4.69, 9.17) is 0 Å². The van der Waals surface area contributed by atoms with E-state index < -0.39 is 0 Å². The molecule has 0 bridgehead atoms. The van der Waals surface area contributed by atoms with Gasteiger partial charge in [-0.25, -0.2) is 0 Å². The molecule has 0 saturated carbocycles. The molecule has 0 spiro atoms. The molecule has 0 aliphatic carbocycles. The average Bonchev–Trinajstić information content (AvgIpc) is 2.78. The number of anilines is 1. The van der Waals surface area contributed by atoms with Crippen LogP contribution in [0.5, 0.6) is 0 Å². The molecular weight excluding hydrogens is 384 g/mol. The lowest BCUT2D eigenvalue weighted by molar-refractivity contribution is -0.121. The maximum absolute atomic E-state index is 12.6. The molecular formula is C27H30N2O2. The first-order valence-corrected chi connectivity index (χ1v) is 10.8. The highest BCUT2D eigenvalue weighted by molar-refractivity contribution is 5.93. The predicted octanol–water partition coefficient (Wildman–Crippen LogP) is 5.36. The minimum absolute atomic E-state index is 0.0228. The van der Waals surface area contributed by atoms with Gasteiger partial charge in [-0.3, -0.25) is 9.59 Å². The zero-order valence-electron chi connectivity index (χ0n) is 18.5. The van der Waals surface area contributed by atoms with Crippen LogP contribution in [0.1, 0.15) is 48.6 Å². The van der Waals surface area contributed by atoms with Gasteiger partial charge in [0.25, 0.3) is 0 Å². The normalized spacial score (nSPS) is 11.6. The van der Waals surface area contributed by atoms with Crippen molar-refractivity contribution in [3.63, 3.8) is 0 Å². The Morgan fingerprint density at radius 2 is 1.61 bits per heavy atom. The third kappa shape index (κ3) is 6.29. The Bertz CT molecular complexity index is 1010. The van der Waals surface area contributed by atoms with Crippen molar-refractivity contribution in [3.05, 3.63) is 101 Å². The summed E-state index contributed by atoms with van der Waals surface area (Å²) in [6, 6.07) is 25.8. The molecule has 0 aliphatic rings. The fourth-order valence-corrected chi connectivity index (χ4v) is 3.60. The van der Waals surface area contributed by atoms with Crippen LogP contribution in [0.2, 0.25) is 0 Å². The van der Waals surface area contributed by atoms with E-state index in [2.05, 4.69) is 11.4 Å². The van der Waals surface area contributed by atoms with Gasteiger partial charge in [0.2, 0.25) is 11.8 Å². The van der Waals surface area contributed by atoms with Gasteiger partial charge in [-0.1, -0.05) is 79.2 Å². The summed E-state index contributed by atoms with van der Waals surface area (Å²) in [6.07, 6.45) is 0.740. The molecule has 4 nitrogen and oxygen atoms in total. The molecule has 3 aromatic rings. The Hall–Kier alpha value is -3.40. The van der Waals surface area contributed by atoms with Gasteiger partial charge in [0.1, 0.15) is 0 Å². The lowest BCUT2D eigenvalue weighted by atomic mass is 10.1. The van der Waals surface area contributed by atoms with Crippen molar-refractivity contribution >= 4 is 17.5 Å². The third-order valence-corrected chi connectivity index (χ3v) is 5.32. The van der Waals surface area contributed by atoms with Gasteiger partial charge in [0.05, 0.1) is 19.0 Å². The molecule has 1 unspecified atom stereocenters. The van der Waals surface area contributed by atoms with Crippen LogP contribution in [0.3, 0.4) is 0 Å². The zero-order chi connectivity index (χ0) is 22.2. The van der Waals surface area contributed by atoms with Gasteiger partial charge in [0, 0.05) is 12.1 Å². The van der Waals surface area contributed by atoms with Crippen LogP contribution >= 0.6 is 0 Å². The molecule has 4 heteroatoms. The van der Waals surface area contributed by atoms with Crippen molar-refractivity contribution in [2.24, 2.45) is 0 Å². The molecule has 0 heterocycles. The van der Waals surface area contributed by atoms with Gasteiger partial charge in [-0.15, -0.1) is 0 Å². The van der Waals surface area contributed by atoms with Gasteiger partial charge in [-0.05, 0) is 42.7 Å². The summed E-state index contributed by atoms with van der Waals surface area (Å²) < 4.78 is 0. The van der Waals surface area contributed by atoms with Crippen LogP contribution in [0.4, 0.5) is 5.69 Å². The van der Waals surface area contributed by atoms with Crippen LogP contribution in [0.25, 0.3) is 0 Å². The minimum atomic E-state index is -0.0417. The topological polar surface area (TPSA) is 49.4 Å². The summed E-state index contributed by atoms with van der Waals surface area (Å²) in [5.74, 6) is 0.0500. The first-order chi connectivity index (χ1) is 15.0. The second-order valence-electron chi connectivity index (χ2n) is 7.87. The smallest absolute Gasteiger partial charge is 0.227 e. The quantitative estimate of drug-likeness (QED) is 0.540. The Morgan fingerprint density at radius 1 is 0.903 bits per heavy atom. The maximum Gasteiger partial charge on any atom is 0.227 e. The van der Waals surface area contributed by atoms with Gasteiger partial charge in [-0.2, -0.15) is 0 Å². The van der Waals surface area contributed by atoms with E-state index >= 15 is 0 Å². The third-order valence-electron chi connectivity index (χ3n) is 5.32. The van der Waals surface area contributed by atoms with Crippen molar-refractivity contribution in [2.75, 3.05) is 4.90 Å². The fraction of sp³-hybridized carbons (Fsp3) is 0.259. The summed E-state index contributed by atoms with van der Waals surface area (Å²) in [4.78, 5) is 26.9. The number of aryl methyl sites for hydroxylation is 1. The second-order valence-corrected chi connectivity index (χ2v) is 7.87. The second kappa shape index (κ2) is 10.6. The Kier molecular flexibility index (Phi) is 7.60. The van der Waals surface area contributed by atoms with E-state index in [1.54, 1.807) is 4.90 Å². The molecule has 0 aromatic heterocycles. The van der Waals surface area contributed by atoms with Crippen LogP contribution in [0.15, 0.2) is 78.9 Å². The number of carbonyl (C=O) groups is 2. The van der Waals surface area contributed by atoms with Crippen LogP contribution in [-0.4, -0.2) is 11.8 Å². The maximum atomic E-state index is 12.6. The van der Waals surface area contributed by atoms with Crippen molar-refractivity contribution < 1.29 is 9.59 Å². The molecule has 160 valence electrons. The molecule has 0 saturated heterocycles. The molecule has 1 N–H and O–H groups in total. The van der Waals surface area contributed by atoms with E-state index in [1.807, 2.05) is 93.6 Å². The molecule has 31 heavy (non-hydrogen) atoms. The highest BCUT2D eigenvalue weighted by Crippen LogP contribution is 2.20. The summed E-state index contributed by atoms with van der Waals surface area (Å²) >= 11 is 0. The Labute approximate surface area is 184 Å². The minimum Gasteiger partial charge on any atom is -0.349 e. The standard InChI is InChI=1S/C27H30N2O2/c1-4-27(31)29(19-23-10-8-9-20(2)17-23)25-15-13-22(14-16-25)18-26(30)28-21(3)24-11-6-5-7-12-24/h5-17,21H,4,18-19H2,1-3H3,(H,28,30). The Balaban J connectivity index is 1.66. The van der Waals surface area contributed by atoms with Crippen LogP contribution < -0.4 is 10.2 Å². The summed E-state index contributed by atoms with van der Waals surface area (Å²) in [5, 5.41) is 3.04. The number of nitrogens with one attached hydrogen (secondary N) is 1. The largest absolute Gasteiger partial charge is 0.349 e. The number of rotatable bonds is 8. The predicted molar refractivity (Wildman–Crippen MR) is 126 cm³/mol. The Morgan fingerprint density at radius 3 is 2.26 bits per heavy atom. The first kappa shape index (κ1) is 22.3. The van der Waals surface area contributed by atoms with E-state index in [0.29, 0.717) is 19.4 Å². The van der Waals surface area contributed by atoms with Crippen molar-refractivity contribution in [3.8, 4) is 0 Å². The van der Waals surface area contributed by atoms with Gasteiger partial charge in [0.15, 0.2) is 0 Å². The molecule has 0 fully saturated rings. The number of hydrogen-bond acceptors (Lipinski definition) is 2. The number of amides is 2. The molecule has 3 rings (SSSR count). The lowest BCUT2D eigenvalue weighted by Gasteiger charge is -2.23. The summed E-state index contributed by atoms with van der Waals surface area (Å²) in [5.41, 5.74) is 5.11. The molecule has 1 atom stereocenters. The number of nitrogens with zero attached hydrogens (tertiary/aromatic N) is 1. The van der Waals surface area contributed by atoms with Crippen molar-refractivity contribution in [2.45, 2.75) is 46.2 Å². The summed E-state index contributed by atoms with van der Waals surface area (Å²) in [6.45, 7) is 6.44. The number of benzene rings is 3. The van der Waals surface area contributed by atoms with Crippen LogP contribution in [0, 0.1) is 6.92 Å². The molecule has 2 amide bonds. The number of carbonyl (C=O) groups excluding carboxylic acids is 2. The van der Waals surface area contributed by atoms with Gasteiger partial charge < -0.3 is 10.2 Å². The monoisotopic (exact) mass is 414 g/mol. The zero-order valence-corrected chi connectivity index (χ0v) is 18.5.